The van der Waals surface area contributed by atoms with Crippen molar-refractivity contribution in [2.75, 3.05) is 18.0 Å². The fraction of sp³-hybridized carbons (Fsp3) is 0.323. The molecule has 0 atom stereocenters. The normalized spacial score (nSPS) is 16.1. The molecule has 1 saturated heterocycles. The quantitative estimate of drug-likeness (QED) is 0.325. The van der Waals surface area contributed by atoms with Crippen molar-refractivity contribution < 1.29 is 9.90 Å². The maximum atomic E-state index is 11.9. The van der Waals surface area contributed by atoms with Gasteiger partial charge in [0.1, 0.15) is 0 Å². The Labute approximate surface area is 206 Å². The Bertz CT molecular complexity index is 1360. The molecule has 35 heavy (non-hydrogen) atoms. The first kappa shape index (κ1) is 22.0. The lowest BCUT2D eigenvalue weighted by Crippen LogP contribution is -2.29. The van der Waals surface area contributed by atoms with E-state index in [0.29, 0.717) is 17.9 Å². The number of aromatic nitrogens is 1. The average Bonchev–Trinajstić information content (AvgIpc) is 3.67. The van der Waals surface area contributed by atoms with E-state index in [1.807, 2.05) is 12.1 Å². The van der Waals surface area contributed by atoms with Crippen LogP contribution in [-0.2, 0) is 13.0 Å². The number of hydrogen-bond donors (Lipinski definition) is 1. The highest BCUT2D eigenvalue weighted by Gasteiger charge is 2.25. The third kappa shape index (κ3) is 4.70. The van der Waals surface area contributed by atoms with Crippen molar-refractivity contribution in [3.8, 4) is 0 Å². The molecule has 4 nitrogen and oxygen atoms in total. The van der Waals surface area contributed by atoms with E-state index in [2.05, 4.69) is 70.3 Å². The van der Waals surface area contributed by atoms with Gasteiger partial charge in [-0.15, -0.1) is 0 Å². The summed E-state index contributed by atoms with van der Waals surface area (Å²) in [6, 6.07) is 23.7. The van der Waals surface area contributed by atoms with Gasteiger partial charge in [-0.05, 0) is 108 Å². The summed E-state index contributed by atoms with van der Waals surface area (Å²) in [5.41, 5.74) is 7.48. The smallest absolute Gasteiger partial charge is 0.335 e. The second-order valence-electron chi connectivity index (χ2n) is 10.2. The maximum absolute atomic E-state index is 11.9. The fourth-order valence-corrected chi connectivity index (χ4v) is 5.50. The Balaban J connectivity index is 1.19. The molecule has 4 heteroatoms. The molecule has 0 unspecified atom stereocenters. The lowest BCUT2D eigenvalue weighted by molar-refractivity contribution is 0.0695. The first-order chi connectivity index (χ1) is 17.1. The predicted molar refractivity (Wildman–Crippen MR) is 142 cm³/mol. The summed E-state index contributed by atoms with van der Waals surface area (Å²) in [6.07, 6.45) is 9.07. The summed E-state index contributed by atoms with van der Waals surface area (Å²) in [6.45, 7) is 3.18. The molecule has 6 rings (SSSR count). The van der Waals surface area contributed by atoms with Gasteiger partial charge in [0.2, 0.25) is 0 Å². The highest BCUT2D eigenvalue weighted by molar-refractivity contribution is 5.90. The molecule has 1 aliphatic carbocycles. The monoisotopic (exact) mass is 464 g/mol. The fourth-order valence-electron chi connectivity index (χ4n) is 5.50. The van der Waals surface area contributed by atoms with E-state index >= 15 is 0 Å². The van der Waals surface area contributed by atoms with Crippen molar-refractivity contribution in [3.63, 3.8) is 0 Å². The van der Waals surface area contributed by atoms with Crippen molar-refractivity contribution in [1.82, 2.24) is 4.57 Å². The van der Waals surface area contributed by atoms with Crippen LogP contribution >= 0.6 is 0 Å². The Morgan fingerprint density at radius 1 is 0.857 bits per heavy atom. The van der Waals surface area contributed by atoms with Crippen LogP contribution in [0.25, 0.3) is 10.9 Å². The Kier molecular flexibility index (Phi) is 5.81. The molecule has 4 aromatic rings. The van der Waals surface area contributed by atoms with Gasteiger partial charge in [-0.1, -0.05) is 30.3 Å². The lowest BCUT2D eigenvalue weighted by Gasteiger charge is -2.28. The van der Waals surface area contributed by atoms with E-state index < -0.39 is 5.97 Å². The standard InChI is InChI=1S/C31H32N2O2/c34-31(35)29-20-25(24-7-8-24)9-10-26(29)18-23-6-13-30-27(19-23)14-17-33(30)21-22-4-11-28(12-5-22)32-15-2-1-3-16-32/h4-6,9-14,17,19-20,24H,1-3,7-8,15-16,18,21H2,(H,34,35). The number of rotatable bonds is 7. The molecule has 2 aliphatic rings. The van der Waals surface area contributed by atoms with Crippen molar-refractivity contribution >= 4 is 22.6 Å². The van der Waals surface area contributed by atoms with Crippen LogP contribution in [0.4, 0.5) is 5.69 Å². The van der Waals surface area contributed by atoms with Crippen molar-refractivity contribution in [2.24, 2.45) is 0 Å². The topological polar surface area (TPSA) is 45.5 Å². The van der Waals surface area contributed by atoms with Gasteiger partial charge in [0.05, 0.1) is 5.56 Å². The van der Waals surface area contributed by atoms with Gasteiger partial charge in [0.25, 0.3) is 0 Å². The first-order valence-electron chi connectivity index (χ1n) is 12.9. The van der Waals surface area contributed by atoms with Gasteiger partial charge in [0, 0.05) is 37.0 Å². The number of carboxylic acids is 1. The van der Waals surface area contributed by atoms with Gasteiger partial charge in [0.15, 0.2) is 0 Å². The van der Waals surface area contributed by atoms with E-state index in [1.165, 1.54) is 72.9 Å². The summed E-state index contributed by atoms with van der Waals surface area (Å²) < 4.78 is 2.29. The van der Waals surface area contributed by atoms with E-state index in [0.717, 1.165) is 17.7 Å². The number of piperidine rings is 1. The summed E-state index contributed by atoms with van der Waals surface area (Å²) in [5.74, 6) is -0.278. The third-order valence-electron chi connectivity index (χ3n) is 7.65. The number of nitrogens with zero attached hydrogens (tertiary/aromatic N) is 2. The molecule has 0 amide bonds. The highest BCUT2D eigenvalue weighted by atomic mass is 16.4. The van der Waals surface area contributed by atoms with Crippen LogP contribution in [-0.4, -0.2) is 28.7 Å². The predicted octanol–water partition coefficient (Wildman–Crippen LogP) is 6.85. The Morgan fingerprint density at radius 2 is 1.63 bits per heavy atom. The zero-order valence-corrected chi connectivity index (χ0v) is 20.1. The largest absolute Gasteiger partial charge is 0.478 e. The minimum Gasteiger partial charge on any atom is -0.478 e. The number of hydrogen-bond acceptors (Lipinski definition) is 2. The van der Waals surface area contributed by atoms with Gasteiger partial charge >= 0.3 is 5.97 Å². The average molecular weight is 465 g/mol. The minimum absolute atomic E-state index is 0.445. The van der Waals surface area contributed by atoms with Gasteiger partial charge < -0.3 is 14.6 Å². The molecule has 3 aromatic carbocycles. The summed E-state index contributed by atoms with van der Waals surface area (Å²) in [5, 5.41) is 11.0. The van der Waals surface area contributed by atoms with E-state index in [-0.39, 0.29) is 0 Å². The second kappa shape index (κ2) is 9.26. The molecule has 0 spiro atoms. The molecule has 2 fully saturated rings. The van der Waals surface area contributed by atoms with Crippen LogP contribution in [0.1, 0.15) is 70.6 Å². The number of aromatic carboxylic acids is 1. The molecule has 0 bridgehead atoms. The Hall–Kier alpha value is -3.53. The number of fused-ring (bicyclic) bond motifs is 1. The number of carbonyl (C=O) groups is 1. The summed E-state index contributed by atoms with van der Waals surface area (Å²) in [7, 11) is 0. The molecule has 1 N–H and O–H groups in total. The lowest BCUT2D eigenvalue weighted by atomic mass is 9.96. The van der Waals surface area contributed by atoms with Crippen molar-refractivity contribution in [3.05, 3.63) is 101 Å². The minimum atomic E-state index is -0.832. The molecule has 1 saturated carbocycles. The van der Waals surface area contributed by atoms with Gasteiger partial charge in [-0.25, -0.2) is 4.79 Å². The van der Waals surface area contributed by atoms with Crippen LogP contribution < -0.4 is 4.90 Å². The maximum Gasteiger partial charge on any atom is 0.335 e. The third-order valence-corrected chi connectivity index (χ3v) is 7.65. The van der Waals surface area contributed by atoms with E-state index in [4.69, 9.17) is 0 Å². The molecular formula is C31H32N2O2. The molecule has 2 heterocycles. The molecular weight excluding hydrogens is 432 g/mol. The zero-order chi connectivity index (χ0) is 23.8. The van der Waals surface area contributed by atoms with Gasteiger partial charge in [-0.3, -0.25) is 0 Å². The molecule has 1 aromatic heterocycles. The number of carboxylic acid groups (broad SMARTS) is 1. The van der Waals surface area contributed by atoms with Crippen molar-refractivity contribution in [2.45, 2.75) is 51.0 Å². The van der Waals surface area contributed by atoms with Crippen LogP contribution in [0.5, 0.6) is 0 Å². The number of benzene rings is 3. The van der Waals surface area contributed by atoms with Gasteiger partial charge in [-0.2, -0.15) is 0 Å². The zero-order valence-electron chi connectivity index (χ0n) is 20.1. The van der Waals surface area contributed by atoms with Crippen LogP contribution in [0.15, 0.2) is 72.9 Å². The SMILES string of the molecule is O=C(O)c1cc(C2CC2)ccc1Cc1ccc2c(ccn2Cc2ccc(N3CCCCC3)cc2)c1. The van der Waals surface area contributed by atoms with Crippen LogP contribution in [0.3, 0.4) is 0 Å². The van der Waals surface area contributed by atoms with Crippen LogP contribution in [0, 0.1) is 0 Å². The summed E-state index contributed by atoms with van der Waals surface area (Å²) in [4.78, 5) is 14.4. The summed E-state index contributed by atoms with van der Waals surface area (Å²) >= 11 is 0. The van der Waals surface area contributed by atoms with E-state index in [1.54, 1.807) is 0 Å². The van der Waals surface area contributed by atoms with Crippen molar-refractivity contribution in [1.29, 1.82) is 0 Å². The molecule has 178 valence electrons. The van der Waals surface area contributed by atoms with Crippen LogP contribution in [0.2, 0.25) is 0 Å². The molecule has 1 aliphatic heterocycles. The second-order valence-corrected chi connectivity index (χ2v) is 10.2. The molecule has 0 radical (unpaired) electrons. The Morgan fingerprint density at radius 3 is 2.37 bits per heavy atom. The first-order valence-corrected chi connectivity index (χ1v) is 12.9. The number of anilines is 1. The van der Waals surface area contributed by atoms with E-state index in [9.17, 15) is 9.90 Å². The highest BCUT2D eigenvalue weighted by Crippen LogP contribution is 2.40.